The van der Waals surface area contributed by atoms with Crippen LogP contribution in [0.1, 0.15) is 43.7 Å². The van der Waals surface area contributed by atoms with Gasteiger partial charge in [0, 0.05) is 19.3 Å². The van der Waals surface area contributed by atoms with Gasteiger partial charge in [-0.15, -0.1) is 0 Å². The number of piperidine rings is 1. The van der Waals surface area contributed by atoms with Crippen LogP contribution >= 0.6 is 0 Å². The second kappa shape index (κ2) is 10.1. The highest BCUT2D eigenvalue weighted by Crippen LogP contribution is 2.24. The fourth-order valence-electron chi connectivity index (χ4n) is 3.34. The molecular formula is C20H28FN5O. The molecule has 2 aromatic heterocycles. The Morgan fingerprint density at radius 1 is 1.26 bits per heavy atom. The van der Waals surface area contributed by atoms with Crippen molar-refractivity contribution >= 4 is 5.96 Å². The lowest BCUT2D eigenvalue weighted by Gasteiger charge is -2.33. The third-order valence-corrected chi connectivity index (χ3v) is 4.73. The van der Waals surface area contributed by atoms with E-state index in [2.05, 4.69) is 25.5 Å². The molecule has 3 heterocycles. The van der Waals surface area contributed by atoms with Crippen molar-refractivity contribution in [3.05, 3.63) is 54.0 Å². The topological polar surface area (TPSA) is 65.7 Å². The molecule has 0 bridgehead atoms. The van der Waals surface area contributed by atoms with Crippen molar-refractivity contribution in [2.75, 3.05) is 26.2 Å². The quantitative estimate of drug-likeness (QED) is 0.577. The summed E-state index contributed by atoms with van der Waals surface area (Å²) in [6.45, 7) is 5.74. The van der Waals surface area contributed by atoms with Crippen LogP contribution in [0, 0.1) is 5.82 Å². The number of likely N-dealkylation sites (tertiary alicyclic amines) is 1. The minimum absolute atomic E-state index is 0.149. The van der Waals surface area contributed by atoms with E-state index < -0.39 is 0 Å². The molecule has 1 fully saturated rings. The SMILES string of the molecule is CCNC(=NCc1ncccc1F)NCC(c1ccco1)N1CCCCC1. The van der Waals surface area contributed by atoms with E-state index in [-0.39, 0.29) is 18.4 Å². The summed E-state index contributed by atoms with van der Waals surface area (Å²) in [6, 6.07) is 7.08. The number of hydrogen-bond donors (Lipinski definition) is 2. The summed E-state index contributed by atoms with van der Waals surface area (Å²) in [6.07, 6.45) is 7.01. The zero-order chi connectivity index (χ0) is 18.9. The smallest absolute Gasteiger partial charge is 0.191 e. The Labute approximate surface area is 159 Å². The third kappa shape index (κ3) is 5.53. The van der Waals surface area contributed by atoms with Crippen LogP contribution in [0.25, 0.3) is 0 Å². The summed E-state index contributed by atoms with van der Waals surface area (Å²) in [4.78, 5) is 11.0. The molecular weight excluding hydrogens is 345 g/mol. The van der Waals surface area contributed by atoms with Gasteiger partial charge in [-0.1, -0.05) is 6.42 Å². The Bertz CT molecular complexity index is 713. The minimum Gasteiger partial charge on any atom is -0.468 e. The van der Waals surface area contributed by atoms with Crippen LogP contribution in [0.3, 0.4) is 0 Å². The lowest BCUT2D eigenvalue weighted by molar-refractivity contribution is 0.146. The lowest BCUT2D eigenvalue weighted by Crippen LogP contribution is -2.44. The van der Waals surface area contributed by atoms with Crippen molar-refractivity contribution in [3.8, 4) is 0 Å². The maximum atomic E-state index is 13.8. The number of rotatable bonds is 7. The third-order valence-electron chi connectivity index (χ3n) is 4.73. The first-order chi connectivity index (χ1) is 13.3. The van der Waals surface area contributed by atoms with Crippen LogP contribution in [0.4, 0.5) is 4.39 Å². The number of halogens is 1. The van der Waals surface area contributed by atoms with Crippen LogP contribution in [0.2, 0.25) is 0 Å². The van der Waals surface area contributed by atoms with E-state index in [1.807, 2.05) is 19.1 Å². The minimum atomic E-state index is -0.334. The van der Waals surface area contributed by atoms with E-state index in [1.165, 1.54) is 25.3 Å². The Morgan fingerprint density at radius 3 is 2.81 bits per heavy atom. The first kappa shape index (κ1) is 19.4. The molecule has 0 saturated carbocycles. The number of hydrogen-bond acceptors (Lipinski definition) is 4. The van der Waals surface area contributed by atoms with E-state index in [1.54, 1.807) is 18.5 Å². The van der Waals surface area contributed by atoms with E-state index in [9.17, 15) is 4.39 Å². The first-order valence-electron chi connectivity index (χ1n) is 9.67. The van der Waals surface area contributed by atoms with Gasteiger partial charge in [0.05, 0.1) is 24.5 Å². The molecule has 146 valence electrons. The van der Waals surface area contributed by atoms with Crippen molar-refractivity contribution in [1.29, 1.82) is 0 Å². The van der Waals surface area contributed by atoms with Gasteiger partial charge in [0.15, 0.2) is 5.96 Å². The molecule has 0 aromatic carbocycles. The number of aromatic nitrogens is 1. The second-order valence-corrected chi connectivity index (χ2v) is 6.64. The number of aliphatic imine (C=N–C) groups is 1. The van der Waals surface area contributed by atoms with Gasteiger partial charge in [0.2, 0.25) is 0 Å². The Balaban J connectivity index is 1.66. The zero-order valence-corrected chi connectivity index (χ0v) is 15.8. The number of nitrogens with zero attached hydrogens (tertiary/aromatic N) is 3. The highest BCUT2D eigenvalue weighted by molar-refractivity contribution is 5.79. The van der Waals surface area contributed by atoms with Gasteiger partial charge in [0.1, 0.15) is 11.6 Å². The summed E-state index contributed by atoms with van der Waals surface area (Å²) in [7, 11) is 0. The fraction of sp³-hybridized carbons (Fsp3) is 0.500. The molecule has 1 atom stereocenters. The summed E-state index contributed by atoms with van der Waals surface area (Å²) >= 11 is 0. The van der Waals surface area contributed by atoms with Crippen LogP contribution < -0.4 is 10.6 Å². The molecule has 1 saturated heterocycles. The summed E-state index contributed by atoms with van der Waals surface area (Å²) in [5.41, 5.74) is 0.341. The molecule has 2 aromatic rings. The fourth-order valence-corrected chi connectivity index (χ4v) is 3.34. The van der Waals surface area contributed by atoms with Crippen molar-refractivity contribution < 1.29 is 8.81 Å². The van der Waals surface area contributed by atoms with Gasteiger partial charge in [0.25, 0.3) is 0 Å². The molecule has 0 spiro atoms. The maximum absolute atomic E-state index is 13.8. The highest BCUT2D eigenvalue weighted by atomic mass is 19.1. The molecule has 7 heteroatoms. The first-order valence-corrected chi connectivity index (χ1v) is 9.67. The van der Waals surface area contributed by atoms with Gasteiger partial charge in [-0.25, -0.2) is 9.38 Å². The Kier molecular flexibility index (Phi) is 7.21. The predicted octanol–water partition coefficient (Wildman–Crippen LogP) is 3.10. The lowest BCUT2D eigenvalue weighted by atomic mass is 10.1. The summed E-state index contributed by atoms with van der Waals surface area (Å²) < 4.78 is 19.5. The average Bonchev–Trinajstić information content (AvgIpc) is 3.22. The number of furan rings is 1. The van der Waals surface area contributed by atoms with Crippen molar-refractivity contribution in [3.63, 3.8) is 0 Å². The molecule has 1 aliphatic rings. The number of pyridine rings is 1. The Morgan fingerprint density at radius 2 is 2.11 bits per heavy atom. The predicted molar refractivity (Wildman–Crippen MR) is 104 cm³/mol. The normalized spacial score (nSPS) is 16.9. The van der Waals surface area contributed by atoms with Crippen LogP contribution in [-0.2, 0) is 6.54 Å². The van der Waals surface area contributed by atoms with Gasteiger partial charge in [-0.2, -0.15) is 0 Å². The molecule has 2 N–H and O–H groups in total. The molecule has 27 heavy (non-hydrogen) atoms. The molecule has 1 unspecified atom stereocenters. The number of guanidine groups is 1. The monoisotopic (exact) mass is 373 g/mol. The Hall–Kier alpha value is -2.41. The van der Waals surface area contributed by atoms with E-state index in [0.29, 0.717) is 18.2 Å². The summed E-state index contributed by atoms with van der Waals surface area (Å²) in [5.74, 6) is 1.27. The van der Waals surface area contributed by atoms with Crippen LogP contribution in [0.5, 0.6) is 0 Å². The molecule has 0 amide bonds. The van der Waals surface area contributed by atoms with Crippen molar-refractivity contribution in [2.24, 2.45) is 4.99 Å². The van der Waals surface area contributed by atoms with E-state index in [4.69, 9.17) is 4.42 Å². The van der Waals surface area contributed by atoms with E-state index in [0.717, 1.165) is 25.4 Å². The van der Waals surface area contributed by atoms with Gasteiger partial charge in [-0.05, 0) is 57.1 Å². The van der Waals surface area contributed by atoms with Crippen LogP contribution in [-0.4, -0.2) is 42.0 Å². The van der Waals surface area contributed by atoms with E-state index >= 15 is 0 Å². The highest BCUT2D eigenvalue weighted by Gasteiger charge is 2.24. The molecule has 0 aliphatic carbocycles. The van der Waals surface area contributed by atoms with Crippen molar-refractivity contribution in [1.82, 2.24) is 20.5 Å². The standard InChI is InChI=1S/C20H28FN5O/c1-2-22-20(24-14-17-16(21)8-6-10-23-17)25-15-18(19-9-7-13-27-19)26-11-4-3-5-12-26/h6-10,13,18H,2-5,11-12,14-15H2,1H3,(H2,22,24,25). The molecule has 1 aliphatic heterocycles. The van der Waals surface area contributed by atoms with Crippen molar-refractivity contribution in [2.45, 2.75) is 38.8 Å². The van der Waals surface area contributed by atoms with Crippen LogP contribution in [0.15, 0.2) is 46.1 Å². The average molecular weight is 373 g/mol. The van der Waals surface area contributed by atoms with Gasteiger partial charge < -0.3 is 15.1 Å². The molecule has 3 rings (SSSR count). The molecule has 6 nitrogen and oxygen atoms in total. The largest absolute Gasteiger partial charge is 0.468 e. The van der Waals surface area contributed by atoms with Gasteiger partial charge >= 0.3 is 0 Å². The zero-order valence-electron chi connectivity index (χ0n) is 15.8. The maximum Gasteiger partial charge on any atom is 0.191 e. The summed E-state index contributed by atoms with van der Waals surface area (Å²) in [5, 5.41) is 6.60. The molecule has 0 radical (unpaired) electrons. The number of nitrogens with one attached hydrogen (secondary N) is 2. The second-order valence-electron chi connectivity index (χ2n) is 6.64. The van der Waals surface area contributed by atoms with Gasteiger partial charge in [-0.3, -0.25) is 9.88 Å².